The fourth-order valence-electron chi connectivity index (χ4n) is 3.12. The van der Waals surface area contributed by atoms with Gasteiger partial charge in [-0.1, -0.05) is 13.8 Å². The maximum Gasteiger partial charge on any atom is 0.0223 e. The molecule has 0 bridgehead atoms. The summed E-state index contributed by atoms with van der Waals surface area (Å²) in [5, 5.41) is 0. The summed E-state index contributed by atoms with van der Waals surface area (Å²) in [7, 11) is 0. The lowest BCUT2D eigenvalue weighted by Crippen LogP contribution is -2.47. The third-order valence-corrected chi connectivity index (χ3v) is 3.76. The molecule has 88 valence electrons. The van der Waals surface area contributed by atoms with Gasteiger partial charge >= 0.3 is 0 Å². The van der Waals surface area contributed by atoms with Gasteiger partial charge in [-0.15, -0.1) is 0 Å². The van der Waals surface area contributed by atoms with Crippen molar-refractivity contribution in [3.8, 4) is 0 Å². The molecule has 0 aromatic carbocycles. The molecule has 0 radical (unpaired) electrons. The van der Waals surface area contributed by atoms with E-state index in [0.717, 1.165) is 12.0 Å². The first-order chi connectivity index (χ1) is 7.25. The fraction of sp³-hybridized carbons (Fsp3) is 1.00. The van der Waals surface area contributed by atoms with Crippen molar-refractivity contribution in [2.45, 2.75) is 45.6 Å². The molecular formula is C13H26N2. The maximum absolute atomic E-state index is 2.73. The molecule has 0 spiro atoms. The van der Waals surface area contributed by atoms with Crippen molar-refractivity contribution in [2.24, 2.45) is 5.92 Å². The Bertz CT molecular complexity index is 185. The van der Waals surface area contributed by atoms with Crippen LogP contribution < -0.4 is 0 Å². The molecule has 0 amide bonds. The highest BCUT2D eigenvalue weighted by molar-refractivity contribution is 4.83. The Morgan fingerprint density at radius 3 is 2.47 bits per heavy atom. The molecule has 2 aliphatic heterocycles. The first kappa shape index (κ1) is 11.4. The average molecular weight is 210 g/mol. The maximum atomic E-state index is 2.73. The van der Waals surface area contributed by atoms with Crippen LogP contribution in [0, 0.1) is 5.92 Å². The molecule has 2 fully saturated rings. The van der Waals surface area contributed by atoms with Crippen LogP contribution in [0.1, 0.15) is 39.5 Å². The normalized spacial score (nSPS) is 30.2. The van der Waals surface area contributed by atoms with Gasteiger partial charge < -0.3 is 4.90 Å². The second-order valence-corrected chi connectivity index (χ2v) is 5.69. The van der Waals surface area contributed by atoms with E-state index in [1.54, 1.807) is 0 Å². The Labute approximate surface area is 94.6 Å². The summed E-state index contributed by atoms with van der Waals surface area (Å²) in [6.07, 6.45) is 5.71. The molecule has 0 N–H and O–H groups in total. The van der Waals surface area contributed by atoms with Gasteiger partial charge in [0.15, 0.2) is 0 Å². The quantitative estimate of drug-likeness (QED) is 0.704. The fourth-order valence-corrected chi connectivity index (χ4v) is 3.12. The summed E-state index contributed by atoms with van der Waals surface area (Å²) < 4.78 is 0. The van der Waals surface area contributed by atoms with Gasteiger partial charge in [-0.25, -0.2) is 0 Å². The molecular weight excluding hydrogens is 184 g/mol. The van der Waals surface area contributed by atoms with E-state index in [9.17, 15) is 0 Å². The number of hydrogen-bond donors (Lipinski definition) is 0. The van der Waals surface area contributed by atoms with Gasteiger partial charge in [0.1, 0.15) is 0 Å². The van der Waals surface area contributed by atoms with Crippen LogP contribution in [0.5, 0.6) is 0 Å². The topological polar surface area (TPSA) is 6.48 Å². The van der Waals surface area contributed by atoms with Crippen LogP contribution in [0.4, 0.5) is 0 Å². The lowest BCUT2D eigenvalue weighted by molar-refractivity contribution is 0.107. The molecule has 15 heavy (non-hydrogen) atoms. The summed E-state index contributed by atoms with van der Waals surface area (Å²) >= 11 is 0. The Kier molecular flexibility index (Phi) is 4.04. The Hall–Kier alpha value is -0.0800. The van der Waals surface area contributed by atoms with E-state index in [-0.39, 0.29) is 0 Å². The highest BCUT2D eigenvalue weighted by Gasteiger charge is 2.26. The van der Waals surface area contributed by atoms with Crippen molar-refractivity contribution in [3.05, 3.63) is 0 Å². The first-order valence-electron chi connectivity index (χ1n) is 6.72. The lowest BCUT2D eigenvalue weighted by atomic mass is 10.0. The third-order valence-electron chi connectivity index (χ3n) is 3.76. The standard InChI is InChI=1S/C13H26N2/c1-12(2)10-14-7-5-6-13(11-14)15-8-3-4-9-15/h12-13H,3-11H2,1-2H3. The van der Waals surface area contributed by atoms with E-state index < -0.39 is 0 Å². The highest BCUT2D eigenvalue weighted by atomic mass is 15.2. The smallest absolute Gasteiger partial charge is 0.0223 e. The minimum Gasteiger partial charge on any atom is -0.302 e. The number of likely N-dealkylation sites (tertiary alicyclic amines) is 2. The van der Waals surface area contributed by atoms with Crippen molar-refractivity contribution in [1.82, 2.24) is 9.80 Å². The number of piperidine rings is 1. The molecule has 2 heteroatoms. The van der Waals surface area contributed by atoms with Gasteiger partial charge in [0.25, 0.3) is 0 Å². The summed E-state index contributed by atoms with van der Waals surface area (Å²) in [6.45, 7) is 11.4. The Morgan fingerprint density at radius 1 is 1.07 bits per heavy atom. The largest absolute Gasteiger partial charge is 0.302 e. The zero-order chi connectivity index (χ0) is 10.7. The lowest BCUT2D eigenvalue weighted by Gasteiger charge is -2.38. The molecule has 2 heterocycles. The third kappa shape index (κ3) is 3.18. The SMILES string of the molecule is CC(C)CN1CCCC(N2CCCC2)C1. The highest BCUT2D eigenvalue weighted by Crippen LogP contribution is 2.20. The molecule has 0 aliphatic carbocycles. The van der Waals surface area contributed by atoms with Gasteiger partial charge in [-0.3, -0.25) is 4.90 Å². The first-order valence-corrected chi connectivity index (χ1v) is 6.72. The monoisotopic (exact) mass is 210 g/mol. The second-order valence-electron chi connectivity index (χ2n) is 5.69. The zero-order valence-electron chi connectivity index (χ0n) is 10.4. The van der Waals surface area contributed by atoms with Crippen molar-refractivity contribution >= 4 is 0 Å². The van der Waals surface area contributed by atoms with Crippen LogP contribution >= 0.6 is 0 Å². The minimum atomic E-state index is 0.822. The van der Waals surface area contributed by atoms with Crippen LogP contribution in [0.25, 0.3) is 0 Å². The van der Waals surface area contributed by atoms with Gasteiger partial charge in [0.2, 0.25) is 0 Å². The van der Waals surface area contributed by atoms with E-state index in [2.05, 4.69) is 23.6 Å². The van der Waals surface area contributed by atoms with Crippen molar-refractivity contribution in [3.63, 3.8) is 0 Å². The Morgan fingerprint density at radius 2 is 1.80 bits per heavy atom. The van der Waals surface area contributed by atoms with Crippen LogP contribution in [0.15, 0.2) is 0 Å². The number of nitrogens with zero attached hydrogens (tertiary/aromatic N) is 2. The van der Waals surface area contributed by atoms with Crippen LogP contribution in [-0.2, 0) is 0 Å². The van der Waals surface area contributed by atoms with Gasteiger partial charge in [0, 0.05) is 19.1 Å². The van der Waals surface area contributed by atoms with Gasteiger partial charge in [-0.05, 0) is 51.2 Å². The molecule has 1 unspecified atom stereocenters. The van der Waals surface area contributed by atoms with E-state index in [0.29, 0.717) is 0 Å². The van der Waals surface area contributed by atoms with Crippen molar-refractivity contribution in [2.75, 3.05) is 32.7 Å². The zero-order valence-corrected chi connectivity index (χ0v) is 10.4. The minimum absolute atomic E-state index is 0.822. The van der Waals surface area contributed by atoms with Crippen LogP contribution in [0.2, 0.25) is 0 Å². The van der Waals surface area contributed by atoms with E-state index in [1.165, 1.54) is 58.4 Å². The molecule has 1 atom stereocenters. The number of rotatable bonds is 3. The Balaban J connectivity index is 1.80. The second kappa shape index (κ2) is 5.31. The number of hydrogen-bond acceptors (Lipinski definition) is 2. The predicted octanol–water partition coefficient (Wildman–Crippen LogP) is 2.20. The van der Waals surface area contributed by atoms with Crippen molar-refractivity contribution in [1.29, 1.82) is 0 Å². The summed E-state index contributed by atoms with van der Waals surface area (Å²) in [4.78, 5) is 5.41. The molecule has 0 saturated carbocycles. The van der Waals surface area contributed by atoms with E-state index >= 15 is 0 Å². The van der Waals surface area contributed by atoms with Crippen molar-refractivity contribution < 1.29 is 0 Å². The average Bonchev–Trinajstić information content (AvgIpc) is 2.69. The van der Waals surface area contributed by atoms with Crippen LogP contribution in [0.3, 0.4) is 0 Å². The molecule has 0 aromatic heterocycles. The molecule has 2 nitrogen and oxygen atoms in total. The van der Waals surface area contributed by atoms with E-state index in [4.69, 9.17) is 0 Å². The molecule has 2 aliphatic rings. The molecule has 2 saturated heterocycles. The predicted molar refractivity (Wildman–Crippen MR) is 65.1 cm³/mol. The summed E-state index contributed by atoms with van der Waals surface area (Å²) in [5.41, 5.74) is 0. The molecule has 0 aromatic rings. The summed E-state index contributed by atoms with van der Waals surface area (Å²) in [5.74, 6) is 0.822. The van der Waals surface area contributed by atoms with Gasteiger partial charge in [0.05, 0.1) is 0 Å². The van der Waals surface area contributed by atoms with Crippen LogP contribution in [-0.4, -0.2) is 48.6 Å². The van der Waals surface area contributed by atoms with E-state index in [1.807, 2.05) is 0 Å². The molecule has 2 rings (SSSR count). The van der Waals surface area contributed by atoms with Gasteiger partial charge in [-0.2, -0.15) is 0 Å². The summed E-state index contributed by atoms with van der Waals surface area (Å²) in [6, 6.07) is 0.875.